The molecule has 0 saturated carbocycles. The van der Waals surface area contributed by atoms with Crippen molar-refractivity contribution in [3.8, 4) is 0 Å². The van der Waals surface area contributed by atoms with Crippen LogP contribution in [-0.4, -0.2) is 28.7 Å². The number of hydrazone groups is 1. The lowest BCUT2D eigenvalue weighted by molar-refractivity contribution is -0.122. The highest BCUT2D eigenvalue weighted by molar-refractivity contribution is 6.41. The molecular formula is C24H27Cl3N4O. The Morgan fingerprint density at radius 1 is 0.969 bits per heavy atom. The quantitative estimate of drug-likeness (QED) is 0.529. The van der Waals surface area contributed by atoms with Gasteiger partial charge in [0.2, 0.25) is 0 Å². The van der Waals surface area contributed by atoms with E-state index in [2.05, 4.69) is 24.3 Å². The van der Waals surface area contributed by atoms with Crippen molar-refractivity contribution in [2.24, 2.45) is 11.0 Å². The fraction of sp³-hybridized carbons (Fsp3) is 0.417. The van der Waals surface area contributed by atoms with Crippen LogP contribution in [0.25, 0.3) is 0 Å². The molecule has 0 aromatic heterocycles. The standard InChI is InChI=1S/C24H27Cl3N4O/c1-14-5-4-6-15(2)30(14)29-24(32)22-16(3)23(17-7-9-18(25)10-8-17)31(28-22)21-12-11-19(26)13-20(21)27/h7-16,23H,4-6H2,1-3H3,(H,29,32)/t14-,15+,16-,23?/m1/s1. The van der Waals surface area contributed by atoms with Crippen molar-refractivity contribution in [1.29, 1.82) is 0 Å². The molecule has 5 nitrogen and oxygen atoms in total. The molecule has 1 unspecified atom stereocenters. The molecule has 170 valence electrons. The fourth-order valence-electron chi connectivity index (χ4n) is 4.66. The summed E-state index contributed by atoms with van der Waals surface area (Å²) in [5.41, 5.74) is 5.30. The Balaban J connectivity index is 1.69. The van der Waals surface area contributed by atoms with Crippen molar-refractivity contribution >= 4 is 52.1 Å². The number of benzene rings is 2. The smallest absolute Gasteiger partial charge is 0.282 e. The molecule has 2 aliphatic heterocycles. The molecule has 8 heteroatoms. The van der Waals surface area contributed by atoms with Crippen LogP contribution in [-0.2, 0) is 4.79 Å². The SMILES string of the molecule is C[C@@H]1C(C(=O)NN2[C@H](C)CCC[C@@H]2C)=NN(c2ccc(Cl)cc2Cl)C1c1ccc(Cl)cc1. The minimum atomic E-state index is -0.206. The van der Waals surface area contributed by atoms with Gasteiger partial charge in [-0.1, -0.05) is 60.3 Å². The van der Waals surface area contributed by atoms with E-state index in [-0.39, 0.29) is 30.0 Å². The van der Waals surface area contributed by atoms with E-state index in [0.717, 1.165) is 18.4 Å². The molecule has 4 atom stereocenters. The predicted molar refractivity (Wildman–Crippen MR) is 132 cm³/mol. The number of hydrogen-bond donors (Lipinski definition) is 1. The molecule has 2 heterocycles. The summed E-state index contributed by atoms with van der Waals surface area (Å²) in [5.74, 6) is -0.344. The number of piperidine rings is 1. The Labute approximate surface area is 204 Å². The van der Waals surface area contributed by atoms with Gasteiger partial charge in [-0.15, -0.1) is 0 Å². The van der Waals surface area contributed by atoms with Crippen LogP contribution >= 0.6 is 34.8 Å². The van der Waals surface area contributed by atoms with Crippen molar-refractivity contribution in [3.63, 3.8) is 0 Å². The van der Waals surface area contributed by atoms with Gasteiger partial charge in [-0.25, -0.2) is 5.01 Å². The van der Waals surface area contributed by atoms with Gasteiger partial charge in [0.1, 0.15) is 5.71 Å². The van der Waals surface area contributed by atoms with Gasteiger partial charge in [0.15, 0.2) is 0 Å². The first-order valence-electron chi connectivity index (χ1n) is 10.9. The highest BCUT2D eigenvalue weighted by Crippen LogP contribution is 2.42. The minimum absolute atomic E-state index is 0.168. The molecule has 1 saturated heterocycles. The molecule has 1 amide bonds. The van der Waals surface area contributed by atoms with Crippen LogP contribution < -0.4 is 10.4 Å². The molecule has 0 radical (unpaired) electrons. The third-order valence-electron chi connectivity index (χ3n) is 6.41. The minimum Gasteiger partial charge on any atom is -0.283 e. The number of amides is 1. The van der Waals surface area contributed by atoms with Gasteiger partial charge in [0.05, 0.1) is 16.8 Å². The summed E-state index contributed by atoms with van der Waals surface area (Å²) in [7, 11) is 0. The van der Waals surface area contributed by atoms with Crippen LogP contribution in [0.3, 0.4) is 0 Å². The van der Waals surface area contributed by atoms with Gasteiger partial charge < -0.3 is 0 Å². The van der Waals surface area contributed by atoms with Crippen molar-refractivity contribution in [2.45, 2.75) is 58.2 Å². The zero-order valence-electron chi connectivity index (χ0n) is 18.4. The lowest BCUT2D eigenvalue weighted by Crippen LogP contribution is -2.56. The molecule has 1 N–H and O–H groups in total. The number of nitrogens with zero attached hydrogens (tertiary/aromatic N) is 3. The van der Waals surface area contributed by atoms with E-state index in [1.54, 1.807) is 12.1 Å². The molecule has 2 aliphatic rings. The largest absolute Gasteiger partial charge is 0.283 e. The van der Waals surface area contributed by atoms with Gasteiger partial charge >= 0.3 is 0 Å². The molecular weight excluding hydrogens is 467 g/mol. The lowest BCUT2D eigenvalue weighted by atomic mass is 9.91. The molecule has 0 bridgehead atoms. The van der Waals surface area contributed by atoms with Crippen LogP contribution in [0.2, 0.25) is 15.1 Å². The third-order valence-corrected chi connectivity index (χ3v) is 7.20. The summed E-state index contributed by atoms with van der Waals surface area (Å²) >= 11 is 18.8. The van der Waals surface area contributed by atoms with Gasteiger partial charge in [-0.3, -0.25) is 15.2 Å². The maximum absolute atomic E-state index is 13.4. The van der Waals surface area contributed by atoms with Gasteiger partial charge in [0.25, 0.3) is 5.91 Å². The normalized spacial score (nSPS) is 26.2. The number of halogens is 3. The molecule has 0 aliphatic carbocycles. The number of rotatable bonds is 4. The number of carbonyl (C=O) groups excluding carboxylic acids is 1. The molecule has 2 aromatic rings. The van der Waals surface area contributed by atoms with Crippen LogP contribution in [0.4, 0.5) is 5.69 Å². The summed E-state index contributed by atoms with van der Waals surface area (Å²) < 4.78 is 0. The van der Waals surface area contributed by atoms with E-state index in [0.29, 0.717) is 26.5 Å². The summed E-state index contributed by atoms with van der Waals surface area (Å²) in [6, 6.07) is 13.3. The first kappa shape index (κ1) is 23.4. The maximum atomic E-state index is 13.4. The molecule has 1 fully saturated rings. The summed E-state index contributed by atoms with van der Waals surface area (Å²) in [5, 5.41) is 10.3. The van der Waals surface area contributed by atoms with E-state index in [9.17, 15) is 4.79 Å². The second-order valence-electron chi connectivity index (χ2n) is 8.69. The maximum Gasteiger partial charge on any atom is 0.282 e. The zero-order chi connectivity index (χ0) is 23.0. The second kappa shape index (κ2) is 9.60. The van der Waals surface area contributed by atoms with Gasteiger partial charge in [0, 0.05) is 28.0 Å². The highest BCUT2D eigenvalue weighted by Gasteiger charge is 2.41. The van der Waals surface area contributed by atoms with Crippen molar-refractivity contribution in [3.05, 3.63) is 63.1 Å². The molecule has 32 heavy (non-hydrogen) atoms. The highest BCUT2D eigenvalue weighted by atomic mass is 35.5. The topological polar surface area (TPSA) is 47.9 Å². The lowest BCUT2D eigenvalue weighted by Gasteiger charge is -2.38. The third kappa shape index (κ3) is 4.62. The Bertz CT molecular complexity index is 1020. The Morgan fingerprint density at radius 2 is 1.59 bits per heavy atom. The summed E-state index contributed by atoms with van der Waals surface area (Å²) in [4.78, 5) is 13.4. The van der Waals surface area contributed by atoms with Crippen LogP contribution in [0, 0.1) is 5.92 Å². The van der Waals surface area contributed by atoms with E-state index in [1.807, 2.05) is 42.3 Å². The van der Waals surface area contributed by atoms with Crippen molar-refractivity contribution in [2.75, 3.05) is 5.01 Å². The first-order chi connectivity index (χ1) is 15.3. The Hall–Kier alpha value is -1.79. The fourth-order valence-corrected chi connectivity index (χ4v) is 5.28. The number of hydrazine groups is 1. The summed E-state index contributed by atoms with van der Waals surface area (Å²) in [6.07, 6.45) is 3.30. The number of hydrogen-bond acceptors (Lipinski definition) is 4. The van der Waals surface area contributed by atoms with E-state index in [4.69, 9.17) is 39.9 Å². The van der Waals surface area contributed by atoms with E-state index >= 15 is 0 Å². The monoisotopic (exact) mass is 492 g/mol. The molecule has 0 spiro atoms. The Kier molecular flexibility index (Phi) is 7.01. The molecule has 4 rings (SSSR count). The van der Waals surface area contributed by atoms with Crippen LogP contribution in [0.1, 0.15) is 51.6 Å². The Morgan fingerprint density at radius 3 is 2.22 bits per heavy atom. The average molecular weight is 494 g/mol. The van der Waals surface area contributed by atoms with E-state index < -0.39 is 0 Å². The summed E-state index contributed by atoms with van der Waals surface area (Å²) in [6.45, 7) is 6.31. The number of anilines is 1. The van der Waals surface area contributed by atoms with Crippen molar-refractivity contribution in [1.82, 2.24) is 10.4 Å². The van der Waals surface area contributed by atoms with Gasteiger partial charge in [-0.2, -0.15) is 5.10 Å². The van der Waals surface area contributed by atoms with Gasteiger partial charge in [-0.05, 0) is 62.6 Å². The average Bonchev–Trinajstić information content (AvgIpc) is 3.08. The number of carbonyl (C=O) groups is 1. The molecule has 2 aromatic carbocycles. The number of nitrogens with one attached hydrogen (secondary N) is 1. The van der Waals surface area contributed by atoms with Crippen molar-refractivity contribution < 1.29 is 4.79 Å². The van der Waals surface area contributed by atoms with Crippen LogP contribution in [0.15, 0.2) is 47.6 Å². The predicted octanol–water partition coefficient (Wildman–Crippen LogP) is 6.49. The second-order valence-corrected chi connectivity index (χ2v) is 9.97. The van der Waals surface area contributed by atoms with E-state index in [1.165, 1.54) is 6.42 Å². The zero-order valence-corrected chi connectivity index (χ0v) is 20.6. The van der Waals surface area contributed by atoms with Crippen LogP contribution in [0.5, 0.6) is 0 Å². The first-order valence-corrected chi connectivity index (χ1v) is 12.1.